The molecule has 0 saturated carbocycles. The molecule has 1 aliphatic heterocycles. The van der Waals surface area contributed by atoms with Gasteiger partial charge in [0.25, 0.3) is 11.8 Å². The fourth-order valence-corrected chi connectivity index (χ4v) is 3.19. The van der Waals surface area contributed by atoms with Crippen LogP contribution in [0.1, 0.15) is 20.8 Å². The molecular weight excluding hydrogens is 258 g/mol. The number of carbonyl (C=O) groups is 2. The quantitative estimate of drug-likeness (QED) is 0.639. The zero-order valence-corrected chi connectivity index (χ0v) is 11.1. The molecule has 4 heteroatoms. The van der Waals surface area contributed by atoms with Gasteiger partial charge in [-0.15, -0.1) is 11.3 Å². The Morgan fingerprint density at radius 3 is 2.68 bits per heavy atom. The van der Waals surface area contributed by atoms with Crippen LogP contribution in [-0.2, 0) is 4.79 Å². The normalized spacial score (nSPS) is 14.3. The first-order valence-corrected chi connectivity index (χ1v) is 6.64. The predicted molar refractivity (Wildman–Crippen MR) is 76.0 cm³/mol. The zero-order chi connectivity index (χ0) is 13.6. The third-order valence-corrected chi connectivity index (χ3v) is 4.30. The second-order valence-electron chi connectivity index (χ2n) is 4.48. The largest absolute Gasteiger partial charge is 0.288 e. The second kappa shape index (κ2) is 4.17. The molecule has 2 amide bonds. The number of aryl methyl sites for hydroxylation is 1. The van der Waals surface area contributed by atoms with E-state index in [1.54, 1.807) is 0 Å². The van der Waals surface area contributed by atoms with Crippen molar-refractivity contribution in [1.29, 1.82) is 0 Å². The van der Waals surface area contributed by atoms with Crippen LogP contribution in [-0.4, -0.2) is 11.8 Å². The van der Waals surface area contributed by atoms with E-state index in [1.807, 2.05) is 31.2 Å². The molecule has 94 valence electrons. The molecule has 0 spiro atoms. The summed E-state index contributed by atoms with van der Waals surface area (Å²) < 4.78 is 0. The van der Waals surface area contributed by atoms with E-state index < -0.39 is 5.91 Å². The monoisotopic (exact) mass is 269 g/mol. The van der Waals surface area contributed by atoms with E-state index in [9.17, 15) is 9.59 Å². The van der Waals surface area contributed by atoms with Gasteiger partial charge in [0.05, 0.1) is 16.0 Å². The molecule has 3 nitrogen and oxygen atoms in total. The molecule has 0 fully saturated rings. The summed E-state index contributed by atoms with van der Waals surface area (Å²) in [7, 11) is 0. The van der Waals surface area contributed by atoms with Crippen molar-refractivity contribution in [3.05, 3.63) is 52.9 Å². The van der Waals surface area contributed by atoms with Crippen molar-refractivity contribution >= 4 is 28.7 Å². The topological polar surface area (TPSA) is 46.2 Å². The number of imide groups is 1. The summed E-state index contributed by atoms with van der Waals surface area (Å²) in [5, 5.41) is 2.29. The van der Waals surface area contributed by atoms with Crippen molar-refractivity contribution in [2.45, 2.75) is 6.92 Å². The molecule has 1 aliphatic rings. The number of carbonyl (C=O) groups excluding carboxylic acids is 2. The molecule has 1 aromatic carbocycles. The minimum Gasteiger partial charge on any atom is -0.288 e. The summed E-state index contributed by atoms with van der Waals surface area (Å²) in [5.74, 6) is -0.752. The standard InChI is InChI=1S/C15H11NO2S/c1-8-4-3-5-10(6-8)12-7-11-13(19-12)9(2)14(17)16-15(11)18/h3-7H,2H2,1H3,(H,16,17,18). The molecular formula is C15H11NO2S. The molecule has 0 saturated heterocycles. The highest BCUT2D eigenvalue weighted by Crippen LogP contribution is 2.37. The Morgan fingerprint density at radius 2 is 1.95 bits per heavy atom. The molecule has 2 aromatic rings. The number of hydrogen-bond donors (Lipinski definition) is 1. The van der Waals surface area contributed by atoms with Crippen LogP contribution in [0.15, 0.2) is 36.9 Å². The highest BCUT2D eigenvalue weighted by molar-refractivity contribution is 7.17. The Bertz CT molecular complexity index is 727. The van der Waals surface area contributed by atoms with Gasteiger partial charge in [-0.05, 0) is 18.6 Å². The lowest BCUT2D eigenvalue weighted by Crippen LogP contribution is -2.35. The maximum Gasteiger partial charge on any atom is 0.259 e. The van der Waals surface area contributed by atoms with Crippen LogP contribution >= 0.6 is 11.3 Å². The number of hydrogen-bond acceptors (Lipinski definition) is 3. The van der Waals surface area contributed by atoms with Crippen molar-refractivity contribution in [3.63, 3.8) is 0 Å². The van der Waals surface area contributed by atoms with Crippen LogP contribution < -0.4 is 5.32 Å². The van der Waals surface area contributed by atoms with E-state index in [-0.39, 0.29) is 5.91 Å². The Labute approximate surface area is 114 Å². The lowest BCUT2D eigenvalue weighted by atomic mass is 10.0. The summed E-state index contributed by atoms with van der Waals surface area (Å²) in [5.41, 5.74) is 3.10. The Morgan fingerprint density at radius 1 is 1.16 bits per heavy atom. The highest BCUT2D eigenvalue weighted by Gasteiger charge is 2.28. The third kappa shape index (κ3) is 1.90. The first kappa shape index (κ1) is 11.9. The molecule has 19 heavy (non-hydrogen) atoms. The molecule has 0 aliphatic carbocycles. The van der Waals surface area contributed by atoms with Gasteiger partial charge in [-0.3, -0.25) is 14.9 Å². The van der Waals surface area contributed by atoms with Crippen LogP contribution in [0.3, 0.4) is 0 Å². The number of benzene rings is 1. The van der Waals surface area contributed by atoms with Gasteiger partial charge in [0.15, 0.2) is 0 Å². The van der Waals surface area contributed by atoms with Crippen LogP contribution in [0.25, 0.3) is 16.0 Å². The Kier molecular flexibility index (Phi) is 2.61. The Balaban J connectivity index is 2.15. The van der Waals surface area contributed by atoms with Crippen LogP contribution in [0.4, 0.5) is 0 Å². The van der Waals surface area contributed by atoms with Gasteiger partial charge in [0, 0.05) is 4.88 Å². The summed E-state index contributed by atoms with van der Waals surface area (Å²) in [4.78, 5) is 25.0. The molecule has 0 bridgehead atoms. The summed E-state index contributed by atoms with van der Waals surface area (Å²) >= 11 is 1.43. The number of nitrogens with one attached hydrogen (secondary N) is 1. The van der Waals surface area contributed by atoms with E-state index in [0.29, 0.717) is 16.0 Å². The van der Waals surface area contributed by atoms with E-state index in [0.717, 1.165) is 16.0 Å². The zero-order valence-electron chi connectivity index (χ0n) is 10.3. The van der Waals surface area contributed by atoms with Gasteiger partial charge in [-0.1, -0.05) is 36.4 Å². The van der Waals surface area contributed by atoms with Gasteiger partial charge < -0.3 is 0 Å². The van der Waals surface area contributed by atoms with E-state index >= 15 is 0 Å². The molecule has 0 unspecified atom stereocenters. The molecule has 0 radical (unpaired) electrons. The first-order valence-electron chi connectivity index (χ1n) is 5.82. The number of fused-ring (bicyclic) bond motifs is 1. The fraction of sp³-hybridized carbons (Fsp3) is 0.0667. The van der Waals surface area contributed by atoms with Crippen LogP contribution in [0.5, 0.6) is 0 Å². The first-order chi connectivity index (χ1) is 9.06. The Hall–Kier alpha value is -2.20. The molecule has 3 rings (SSSR count). The lowest BCUT2D eigenvalue weighted by Gasteiger charge is -2.12. The van der Waals surface area contributed by atoms with Crippen molar-refractivity contribution < 1.29 is 9.59 Å². The predicted octanol–water partition coefficient (Wildman–Crippen LogP) is 3.01. The molecule has 1 aromatic heterocycles. The van der Waals surface area contributed by atoms with E-state index in [1.165, 1.54) is 11.3 Å². The highest BCUT2D eigenvalue weighted by atomic mass is 32.1. The van der Waals surface area contributed by atoms with Crippen molar-refractivity contribution in [2.24, 2.45) is 0 Å². The molecule has 0 atom stereocenters. The maximum absolute atomic E-state index is 11.8. The average Bonchev–Trinajstić information content (AvgIpc) is 2.82. The third-order valence-electron chi connectivity index (χ3n) is 3.05. The summed E-state index contributed by atoms with van der Waals surface area (Å²) in [6, 6.07) is 9.86. The van der Waals surface area contributed by atoms with Crippen molar-refractivity contribution in [2.75, 3.05) is 0 Å². The van der Waals surface area contributed by atoms with Crippen molar-refractivity contribution in [1.82, 2.24) is 5.32 Å². The van der Waals surface area contributed by atoms with Crippen LogP contribution in [0.2, 0.25) is 0 Å². The minimum atomic E-state index is -0.407. The second-order valence-corrected chi connectivity index (χ2v) is 5.54. The number of amides is 2. The lowest BCUT2D eigenvalue weighted by molar-refractivity contribution is -0.114. The van der Waals surface area contributed by atoms with Gasteiger partial charge in [0.2, 0.25) is 0 Å². The smallest absolute Gasteiger partial charge is 0.259 e. The van der Waals surface area contributed by atoms with Crippen LogP contribution in [0, 0.1) is 6.92 Å². The van der Waals surface area contributed by atoms with Gasteiger partial charge in [-0.2, -0.15) is 0 Å². The summed E-state index contributed by atoms with van der Waals surface area (Å²) in [6.45, 7) is 5.76. The maximum atomic E-state index is 11.8. The van der Waals surface area contributed by atoms with Gasteiger partial charge in [-0.25, -0.2) is 0 Å². The SMILES string of the molecule is C=C1C(=O)NC(=O)c2cc(-c3cccc(C)c3)sc21. The minimum absolute atomic E-state index is 0.345. The van der Waals surface area contributed by atoms with E-state index in [2.05, 4.69) is 18.0 Å². The molecule has 1 N–H and O–H groups in total. The number of rotatable bonds is 1. The summed E-state index contributed by atoms with van der Waals surface area (Å²) in [6.07, 6.45) is 0. The average molecular weight is 269 g/mol. The van der Waals surface area contributed by atoms with E-state index in [4.69, 9.17) is 0 Å². The fourth-order valence-electron chi connectivity index (χ4n) is 2.07. The van der Waals surface area contributed by atoms with Gasteiger partial charge in [0.1, 0.15) is 0 Å². The molecule has 2 heterocycles. The number of thiophene rings is 1. The van der Waals surface area contributed by atoms with Gasteiger partial charge >= 0.3 is 0 Å². The van der Waals surface area contributed by atoms with Crippen molar-refractivity contribution in [3.8, 4) is 10.4 Å².